The lowest BCUT2D eigenvalue weighted by molar-refractivity contribution is -0.125. The molecule has 0 heterocycles. The van der Waals surface area contributed by atoms with Crippen LogP contribution < -0.4 is 10.6 Å². The summed E-state index contributed by atoms with van der Waals surface area (Å²) in [6.45, 7) is 3.39. The Hall–Kier alpha value is -1.26. The van der Waals surface area contributed by atoms with Crippen LogP contribution in [0.25, 0.3) is 0 Å². The van der Waals surface area contributed by atoms with E-state index in [1.165, 1.54) is 6.42 Å². The third kappa shape index (κ3) is 7.03. The Kier molecular flexibility index (Phi) is 8.02. The van der Waals surface area contributed by atoms with Crippen LogP contribution in [0.1, 0.15) is 51.9 Å². The molecule has 5 nitrogen and oxygen atoms in total. The van der Waals surface area contributed by atoms with Crippen LogP contribution in [-0.4, -0.2) is 31.7 Å². The Morgan fingerprint density at radius 1 is 1.11 bits per heavy atom. The summed E-state index contributed by atoms with van der Waals surface area (Å²) >= 11 is 0. The molecule has 2 amide bonds. The van der Waals surface area contributed by atoms with Crippen molar-refractivity contribution in [1.82, 2.24) is 10.6 Å². The molecular formula is C14H26N2O3. The molecule has 2 N–H and O–H groups in total. The van der Waals surface area contributed by atoms with E-state index in [4.69, 9.17) is 4.74 Å². The Morgan fingerprint density at radius 3 is 2.47 bits per heavy atom. The standard InChI is InChI=1S/C14H26N2O3/c1-2-3-11-19-14(18)16-10-9-15-13(17)12-7-5-4-6-8-12/h12H,2-11H2,1H3,(H,15,17)(H,16,18). The minimum atomic E-state index is -0.402. The molecule has 0 unspecified atom stereocenters. The number of alkyl carbamates (subject to hydrolysis) is 1. The third-order valence-corrected chi connectivity index (χ3v) is 3.40. The van der Waals surface area contributed by atoms with E-state index in [2.05, 4.69) is 10.6 Å². The summed E-state index contributed by atoms with van der Waals surface area (Å²) in [5, 5.41) is 5.49. The maximum Gasteiger partial charge on any atom is 0.407 e. The second-order valence-corrected chi connectivity index (χ2v) is 5.04. The molecule has 1 fully saturated rings. The Labute approximate surface area is 115 Å². The lowest BCUT2D eigenvalue weighted by atomic mass is 9.89. The summed E-state index contributed by atoms with van der Waals surface area (Å²) in [5.74, 6) is 0.297. The van der Waals surface area contributed by atoms with E-state index in [1.807, 2.05) is 6.92 Å². The highest BCUT2D eigenvalue weighted by atomic mass is 16.5. The molecule has 1 rings (SSSR count). The van der Waals surface area contributed by atoms with E-state index in [1.54, 1.807) is 0 Å². The maximum atomic E-state index is 11.8. The topological polar surface area (TPSA) is 67.4 Å². The van der Waals surface area contributed by atoms with Crippen LogP contribution in [0.5, 0.6) is 0 Å². The van der Waals surface area contributed by atoms with Crippen LogP contribution in [0.4, 0.5) is 4.79 Å². The van der Waals surface area contributed by atoms with Gasteiger partial charge in [-0.2, -0.15) is 0 Å². The first kappa shape index (κ1) is 15.8. The average Bonchev–Trinajstić information content (AvgIpc) is 2.44. The molecule has 1 aliphatic carbocycles. The number of ether oxygens (including phenoxy) is 1. The summed E-state index contributed by atoms with van der Waals surface area (Å²) in [6, 6.07) is 0. The lowest BCUT2D eigenvalue weighted by Crippen LogP contribution is -2.38. The van der Waals surface area contributed by atoms with E-state index in [0.717, 1.165) is 38.5 Å². The summed E-state index contributed by atoms with van der Waals surface area (Å²) in [5.41, 5.74) is 0. The summed E-state index contributed by atoms with van der Waals surface area (Å²) < 4.78 is 4.94. The molecule has 110 valence electrons. The number of hydrogen-bond donors (Lipinski definition) is 2. The van der Waals surface area contributed by atoms with Gasteiger partial charge in [-0.05, 0) is 19.3 Å². The van der Waals surface area contributed by atoms with Crippen molar-refractivity contribution in [3.8, 4) is 0 Å². The molecule has 1 aliphatic rings. The largest absolute Gasteiger partial charge is 0.450 e. The van der Waals surface area contributed by atoms with Gasteiger partial charge in [0.1, 0.15) is 0 Å². The van der Waals surface area contributed by atoms with Gasteiger partial charge in [-0.1, -0.05) is 32.6 Å². The Balaban J connectivity index is 2.00. The molecule has 0 spiro atoms. The van der Waals surface area contributed by atoms with E-state index < -0.39 is 6.09 Å². The van der Waals surface area contributed by atoms with Crippen LogP contribution in [0, 0.1) is 5.92 Å². The fourth-order valence-corrected chi connectivity index (χ4v) is 2.22. The van der Waals surface area contributed by atoms with Gasteiger partial charge in [0, 0.05) is 19.0 Å². The normalized spacial score (nSPS) is 15.8. The number of hydrogen-bond acceptors (Lipinski definition) is 3. The highest BCUT2D eigenvalue weighted by Gasteiger charge is 2.20. The SMILES string of the molecule is CCCCOC(=O)NCCNC(=O)C1CCCCC1. The van der Waals surface area contributed by atoms with Gasteiger partial charge >= 0.3 is 6.09 Å². The monoisotopic (exact) mass is 270 g/mol. The van der Waals surface area contributed by atoms with E-state index in [0.29, 0.717) is 19.7 Å². The smallest absolute Gasteiger partial charge is 0.407 e. The summed E-state index contributed by atoms with van der Waals surface area (Å²) in [6.07, 6.45) is 7.03. The zero-order chi connectivity index (χ0) is 13.9. The molecule has 0 aromatic heterocycles. The predicted octanol–water partition coefficient (Wildman–Crippen LogP) is 2.21. The van der Waals surface area contributed by atoms with Crippen molar-refractivity contribution in [3.05, 3.63) is 0 Å². The number of carbonyl (C=O) groups is 2. The number of unbranched alkanes of at least 4 members (excludes halogenated alkanes) is 1. The average molecular weight is 270 g/mol. The van der Waals surface area contributed by atoms with E-state index in [9.17, 15) is 9.59 Å². The van der Waals surface area contributed by atoms with Crippen LogP contribution in [0.15, 0.2) is 0 Å². The second-order valence-electron chi connectivity index (χ2n) is 5.04. The first-order valence-corrected chi connectivity index (χ1v) is 7.42. The van der Waals surface area contributed by atoms with Crippen LogP contribution in [-0.2, 0) is 9.53 Å². The lowest BCUT2D eigenvalue weighted by Gasteiger charge is -2.20. The number of rotatable bonds is 7. The van der Waals surface area contributed by atoms with Gasteiger partial charge in [-0.15, -0.1) is 0 Å². The van der Waals surface area contributed by atoms with Gasteiger partial charge in [0.05, 0.1) is 6.61 Å². The number of amides is 2. The highest BCUT2D eigenvalue weighted by Crippen LogP contribution is 2.23. The zero-order valence-corrected chi connectivity index (χ0v) is 11.9. The molecule has 5 heteroatoms. The molecule has 0 aromatic carbocycles. The van der Waals surface area contributed by atoms with Gasteiger partial charge in [-0.3, -0.25) is 4.79 Å². The van der Waals surface area contributed by atoms with Crippen LogP contribution in [0.2, 0.25) is 0 Å². The quantitative estimate of drug-likeness (QED) is 0.697. The van der Waals surface area contributed by atoms with Crippen molar-refractivity contribution in [2.24, 2.45) is 5.92 Å². The van der Waals surface area contributed by atoms with Crippen LogP contribution in [0.3, 0.4) is 0 Å². The van der Waals surface area contributed by atoms with Crippen molar-refractivity contribution >= 4 is 12.0 Å². The summed E-state index contributed by atoms with van der Waals surface area (Å²) in [4.78, 5) is 23.0. The Bertz CT molecular complexity index is 276. The summed E-state index contributed by atoms with van der Waals surface area (Å²) in [7, 11) is 0. The van der Waals surface area contributed by atoms with Gasteiger partial charge in [0.2, 0.25) is 5.91 Å². The van der Waals surface area contributed by atoms with Crippen LogP contribution >= 0.6 is 0 Å². The van der Waals surface area contributed by atoms with E-state index in [-0.39, 0.29) is 11.8 Å². The fraction of sp³-hybridized carbons (Fsp3) is 0.857. The van der Waals surface area contributed by atoms with Gasteiger partial charge in [0.15, 0.2) is 0 Å². The molecule has 0 radical (unpaired) electrons. The molecular weight excluding hydrogens is 244 g/mol. The first-order valence-electron chi connectivity index (χ1n) is 7.42. The maximum absolute atomic E-state index is 11.8. The van der Waals surface area contributed by atoms with Gasteiger partial charge in [0.25, 0.3) is 0 Å². The third-order valence-electron chi connectivity index (χ3n) is 3.40. The molecule has 1 saturated carbocycles. The van der Waals surface area contributed by atoms with Crippen molar-refractivity contribution in [2.75, 3.05) is 19.7 Å². The van der Waals surface area contributed by atoms with Gasteiger partial charge < -0.3 is 15.4 Å². The molecule has 0 saturated heterocycles. The Morgan fingerprint density at radius 2 is 1.79 bits per heavy atom. The first-order chi connectivity index (χ1) is 9.24. The molecule has 0 bridgehead atoms. The van der Waals surface area contributed by atoms with Crippen molar-refractivity contribution < 1.29 is 14.3 Å². The second kappa shape index (κ2) is 9.64. The van der Waals surface area contributed by atoms with Crippen molar-refractivity contribution in [1.29, 1.82) is 0 Å². The number of carbonyl (C=O) groups excluding carboxylic acids is 2. The number of nitrogens with one attached hydrogen (secondary N) is 2. The highest BCUT2D eigenvalue weighted by molar-refractivity contribution is 5.78. The minimum absolute atomic E-state index is 0.126. The minimum Gasteiger partial charge on any atom is -0.450 e. The van der Waals surface area contributed by atoms with Crippen molar-refractivity contribution in [2.45, 2.75) is 51.9 Å². The van der Waals surface area contributed by atoms with E-state index >= 15 is 0 Å². The predicted molar refractivity (Wildman–Crippen MR) is 73.8 cm³/mol. The molecule has 0 atom stereocenters. The van der Waals surface area contributed by atoms with Crippen molar-refractivity contribution in [3.63, 3.8) is 0 Å². The molecule has 0 aromatic rings. The fourth-order valence-electron chi connectivity index (χ4n) is 2.22. The molecule has 0 aliphatic heterocycles. The zero-order valence-electron chi connectivity index (χ0n) is 11.9. The van der Waals surface area contributed by atoms with Gasteiger partial charge in [-0.25, -0.2) is 4.79 Å². The molecule has 19 heavy (non-hydrogen) atoms.